The summed E-state index contributed by atoms with van der Waals surface area (Å²) in [5.41, 5.74) is 0.471. The van der Waals surface area contributed by atoms with Gasteiger partial charge in [0.25, 0.3) is 5.91 Å². The molecule has 1 aromatic heterocycles. The molecule has 102 valence electrons. The second kappa shape index (κ2) is 5.29. The predicted molar refractivity (Wildman–Crippen MR) is 75.7 cm³/mol. The van der Waals surface area contributed by atoms with E-state index in [2.05, 4.69) is 4.98 Å². The zero-order valence-corrected chi connectivity index (χ0v) is 12.1. The van der Waals surface area contributed by atoms with Crippen LogP contribution in [0.1, 0.15) is 42.5 Å². The Bertz CT molecular complexity index is 506. The highest BCUT2D eigenvalue weighted by Gasteiger charge is 2.38. The maximum Gasteiger partial charge on any atom is 0.257 e. The number of aromatic nitrogens is 1. The summed E-state index contributed by atoms with van der Waals surface area (Å²) < 4.78 is 0. The van der Waals surface area contributed by atoms with Gasteiger partial charge in [-0.25, -0.2) is 4.98 Å². The van der Waals surface area contributed by atoms with Crippen molar-refractivity contribution in [2.75, 3.05) is 6.54 Å². The van der Waals surface area contributed by atoms with E-state index in [9.17, 15) is 4.79 Å². The minimum atomic E-state index is 0.00534. The minimum absolute atomic E-state index is 0.00534. The summed E-state index contributed by atoms with van der Waals surface area (Å²) in [5.74, 6) is 0.683. The molecule has 3 rings (SSSR count). The zero-order chi connectivity index (χ0) is 13.4. The van der Waals surface area contributed by atoms with Crippen molar-refractivity contribution in [3.63, 3.8) is 0 Å². The average molecular weight is 299 g/mol. The second-order valence-corrected chi connectivity index (χ2v) is 6.12. The molecule has 3 nitrogen and oxygen atoms in total. The lowest BCUT2D eigenvalue weighted by Crippen LogP contribution is -2.46. The van der Waals surface area contributed by atoms with Crippen LogP contribution in [0, 0.1) is 5.92 Å². The number of hydrogen-bond donors (Lipinski definition) is 0. The van der Waals surface area contributed by atoms with Crippen LogP contribution in [0.25, 0.3) is 0 Å². The molecule has 0 radical (unpaired) electrons. The molecule has 0 aromatic carbocycles. The average Bonchev–Trinajstić information content (AvgIpc) is 2.86. The van der Waals surface area contributed by atoms with Gasteiger partial charge in [0.15, 0.2) is 0 Å². The lowest BCUT2D eigenvalue weighted by Gasteiger charge is -2.37. The molecule has 2 unspecified atom stereocenters. The number of rotatable bonds is 1. The maximum atomic E-state index is 12.6. The number of amides is 1. The molecule has 1 aliphatic carbocycles. The quantitative estimate of drug-likeness (QED) is 0.739. The van der Waals surface area contributed by atoms with Crippen molar-refractivity contribution in [2.24, 2.45) is 5.92 Å². The molecule has 2 fully saturated rings. The highest BCUT2D eigenvalue weighted by atomic mass is 35.5. The predicted octanol–water partition coefficient (Wildman–Crippen LogP) is 3.79. The second-order valence-electron chi connectivity index (χ2n) is 5.37. The molecule has 2 aliphatic rings. The molecule has 5 heteroatoms. The van der Waals surface area contributed by atoms with Crippen LogP contribution in [0.5, 0.6) is 0 Å². The SMILES string of the molecule is O=C(c1ccc(Cl)nc1Cl)N1CCCC2CCCC21. The van der Waals surface area contributed by atoms with Gasteiger partial charge in [0.05, 0.1) is 5.56 Å². The fourth-order valence-electron chi connectivity index (χ4n) is 3.43. The fourth-order valence-corrected chi connectivity index (χ4v) is 3.86. The van der Waals surface area contributed by atoms with Gasteiger partial charge >= 0.3 is 0 Å². The summed E-state index contributed by atoms with van der Waals surface area (Å²) in [5, 5.41) is 0.525. The maximum absolute atomic E-state index is 12.6. The molecule has 1 saturated carbocycles. The summed E-state index contributed by atoms with van der Waals surface area (Å²) in [7, 11) is 0. The first-order chi connectivity index (χ1) is 9.16. The van der Waals surface area contributed by atoms with Crippen LogP contribution >= 0.6 is 23.2 Å². The molecule has 0 spiro atoms. The van der Waals surface area contributed by atoms with Gasteiger partial charge in [-0.1, -0.05) is 29.6 Å². The van der Waals surface area contributed by atoms with Gasteiger partial charge in [0.2, 0.25) is 0 Å². The van der Waals surface area contributed by atoms with Gasteiger partial charge in [-0.2, -0.15) is 0 Å². The van der Waals surface area contributed by atoms with Crippen LogP contribution in [0.15, 0.2) is 12.1 Å². The lowest BCUT2D eigenvalue weighted by atomic mass is 9.91. The van der Waals surface area contributed by atoms with E-state index in [4.69, 9.17) is 23.2 Å². The number of pyridine rings is 1. The Hall–Kier alpha value is -0.800. The smallest absolute Gasteiger partial charge is 0.257 e. The van der Waals surface area contributed by atoms with E-state index >= 15 is 0 Å². The number of carbonyl (C=O) groups is 1. The summed E-state index contributed by atoms with van der Waals surface area (Å²) in [4.78, 5) is 18.6. The summed E-state index contributed by atoms with van der Waals surface area (Å²) in [6, 6.07) is 3.70. The number of piperidine rings is 1. The third kappa shape index (κ3) is 2.46. The Balaban J connectivity index is 1.86. The standard InChI is InChI=1S/C14H16Cl2N2O/c15-12-7-6-10(13(16)17-12)14(19)18-8-2-4-9-3-1-5-11(9)18/h6-7,9,11H,1-5,8H2. The first-order valence-electron chi connectivity index (χ1n) is 6.80. The number of fused-ring (bicyclic) bond motifs is 1. The van der Waals surface area contributed by atoms with Crippen molar-refractivity contribution in [3.05, 3.63) is 28.0 Å². The highest BCUT2D eigenvalue weighted by molar-refractivity contribution is 6.34. The fraction of sp³-hybridized carbons (Fsp3) is 0.571. The van der Waals surface area contributed by atoms with E-state index in [0.717, 1.165) is 19.4 Å². The summed E-state index contributed by atoms with van der Waals surface area (Å²) in [6.07, 6.45) is 5.94. The Morgan fingerprint density at radius 2 is 2.00 bits per heavy atom. The molecule has 19 heavy (non-hydrogen) atoms. The molecule has 1 aliphatic heterocycles. The Morgan fingerprint density at radius 3 is 2.79 bits per heavy atom. The van der Waals surface area contributed by atoms with E-state index in [1.54, 1.807) is 12.1 Å². The third-order valence-electron chi connectivity index (χ3n) is 4.30. The number of halogens is 2. The van der Waals surface area contributed by atoms with Crippen LogP contribution in [-0.4, -0.2) is 28.4 Å². The van der Waals surface area contributed by atoms with Crippen LogP contribution in [0.3, 0.4) is 0 Å². The van der Waals surface area contributed by atoms with Crippen LogP contribution in [0.4, 0.5) is 0 Å². The lowest BCUT2D eigenvalue weighted by molar-refractivity contribution is 0.0548. The molecule has 1 amide bonds. The van der Waals surface area contributed by atoms with Gasteiger partial charge < -0.3 is 4.90 Å². The Kier molecular flexibility index (Phi) is 3.68. The first-order valence-corrected chi connectivity index (χ1v) is 7.55. The summed E-state index contributed by atoms with van der Waals surface area (Å²) >= 11 is 11.8. The van der Waals surface area contributed by atoms with E-state index in [0.29, 0.717) is 22.7 Å². The minimum Gasteiger partial charge on any atom is -0.335 e. The van der Waals surface area contributed by atoms with E-state index in [1.165, 1.54) is 19.3 Å². The number of hydrogen-bond acceptors (Lipinski definition) is 2. The monoisotopic (exact) mass is 298 g/mol. The van der Waals surface area contributed by atoms with Gasteiger partial charge in [0, 0.05) is 12.6 Å². The Morgan fingerprint density at radius 1 is 1.21 bits per heavy atom. The number of carbonyl (C=O) groups excluding carboxylic acids is 1. The van der Waals surface area contributed by atoms with Crippen molar-refractivity contribution >= 4 is 29.1 Å². The molecule has 0 bridgehead atoms. The topological polar surface area (TPSA) is 33.2 Å². The van der Waals surface area contributed by atoms with Gasteiger partial charge in [-0.05, 0) is 43.7 Å². The van der Waals surface area contributed by atoms with Gasteiger partial charge in [-0.15, -0.1) is 0 Å². The number of likely N-dealkylation sites (tertiary alicyclic amines) is 1. The molecule has 2 heterocycles. The van der Waals surface area contributed by atoms with E-state index in [-0.39, 0.29) is 11.1 Å². The molecular formula is C14H16Cl2N2O. The van der Waals surface area contributed by atoms with Gasteiger partial charge in [0.1, 0.15) is 10.3 Å². The molecule has 1 saturated heterocycles. The van der Waals surface area contributed by atoms with Crippen LogP contribution < -0.4 is 0 Å². The van der Waals surface area contributed by atoms with Gasteiger partial charge in [-0.3, -0.25) is 4.79 Å². The van der Waals surface area contributed by atoms with Crippen molar-refractivity contribution < 1.29 is 4.79 Å². The van der Waals surface area contributed by atoms with Crippen LogP contribution in [-0.2, 0) is 0 Å². The van der Waals surface area contributed by atoms with E-state index < -0.39 is 0 Å². The van der Waals surface area contributed by atoms with Crippen molar-refractivity contribution in [1.29, 1.82) is 0 Å². The molecular weight excluding hydrogens is 283 g/mol. The molecule has 2 atom stereocenters. The van der Waals surface area contributed by atoms with Crippen molar-refractivity contribution in [2.45, 2.75) is 38.1 Å². The number of nitrogens with zero attached hydrogens (tertiary/aromatic N) is 2. The molecule has 1 aromatic rings. The van der Waals surface area contributed by atoms with E-state index in [1.807, 2.05) is 4.90 Å². The first kappa shape index (κ1) is 13.2. The third-order valence-corrected chi connectivity index (χ3v) is 4.80. The normalized spacial score (nSPS) is 26.3. The summed E-state index contributed by atoms with van der Waals surface area (Å²) in [6.45, 7) is 0.832. The van der Waals surface area contributed by atoms with Crippen LogP contribution in [0.2, 0.25) is 10.3 Å². The molecule has 0 N–H and O–H groups in total. The Labute approximate surface area is 122 Å². The van der Waals surface area contributed by atoms with Crippen molar-refractivity contribution in [3.8, 4) is 0 Å². The van der Waals surface area contributed by atoms with Crippen molar-refractivity contribution in [1.82, 2.24) is 9.88 Å². The largest absolute Gasteiger partial charge is 0.335 e. The highest BCUT2D eigenvalue weighted by Crippen LogP contribution is 2.37. The zero-order valence-electron chi connectivity index (χ0n) is 10.6.